The second-order valence-corrected chi connectivity index (χ2v) is 10.6. The molecule has 0 heterocycles. The van der Waals surface area contributed by atoms with Crippen LogP contribution in [0, 0.1) is 23.7 Å². The summed E-state index contributed by atoms with van der Waals surface area (Å²) in [5.74, 6) is 4.15. The first-order chi connectivity index (χ1) is 14.0. The SMILES string of the molecule is CC(C)=CCC/C(C)=C/CC/C(C)=C/CNCCNC1C2CC3CC(C2)CC1C3.Cl. The number of rotatable bonds is 12. The maximum atomic E-state index is 3.93. The van der Waals surface area contributed by atoms with Crippen molar-refractivity contribution in [3.8, 4) is 0 Å². The molecule has 0 atom stereocenters. The molecule has 2 nitrogen and oxygen atoms in total. The van der Waals surface area contributed by atoms with E-state index in [1.165, 1.54) is 68.1 Å². The van der Waals surface area contributed by atoms with E-state index in [1.807, 2.05) is 0 Å². The van der Waals surface area contributed by atoms with Crippen molar-refractivity contribution < 1.29 is 0 Å². The Balaban J connectivity index is 0.00000320. The maximum absolute atomic E-state index is 3.93. The minimum Gasteiger partial charge on any atom is -0.312 e. The second-order valence-electron chi connectivity index (χ2n) is 10.6. The third kappa shape index (κ3) is 8.17. The predicted molar refractivity (Wildman–Crippen MR) is 134 cm³/mol. The lowest BCUT2D eigenvalue weighted by molar-refractivity contribution is -0.0133. The van der Waals surface area contributed by atoms with E-state index in [0.29, 0.717) is 0 Å². The molecule has 4 fully saturated rings. The maximum Gasteiger partial charge on any atom is 0.0137 e. The van der Waals surface area contributed by atoms with Gasteiger partial charge in [0.2, 0.25) is 0 Å². The summed E-state index contributed by atoms with van der Waals surface area (Å²) in [4.78, 5) is 0. The second kappa shape index (κ2) is 13.1. The van der Waals surface area contributed by atoms with Gasteiger partial charge in [0.25, 0.3) is 0 Å². The fraction of sp³-hybridized carbons (Fsp3) is 0.778. The van der Waals surface area contributed by atoms with Crippen LogP contribution in [-0.4, -0.2) is 25.7 Å². The van der Waals surface area contributed by atoms with Crippen molar-refractivity contribution in [2.24, 2.45) is 23.7 Å². The van der Waals surface area contributed by atoms with E-state index in [1.54, 1.807) is 6.42 Å². The van der Waals surface area contributed by atoms with Crippen LogP contribution in [0.4, 0.5) is 0 Å². The van der Waals surface area contributed by atoms with Gasteiger partial charge in [0.15, 0.2) is 0 Å². The lowest BCUT2D eigenvalue weighted by Crippen LogP contribution is -2.55. The number of hydrogen-bond acceptors (Lipinski definition) is 2. The quantitative estimate of drug-likeness (QED) is 0.259. The van der Waals surface area contributed by atoms with Crippen LogP contribution in [0.25, 0.3) is 0 Å². The molecule has 4 rings (SSSR count). The molecule has 0 aromatic rings. The normalized spacial score (nSPS) is 30.3. The summed E-state index contributed by atoms with van der Waals surface area (Å²) in [5, 5.41) is 7.54. The van der Waals surface area contributed by atoms with E-state index in [2.05, 4.69) is 56.6 Å². The van der Waals surface area contributed by atoms with Gasteiger partial charge < -0.3 is 10.6 Å². The van der Waals surface area contributed by atoms with Crippen molar-refractivity contribution in [2.75, 3.05) is 19.6 Å². The molecule has 30 heavy (non-hydrogen) atoms. The van der Waals surface area contributed by atoms with Gasteiger partial charge in [-0.25, -0.2) is 0 Å². The van der Waals surface area contributed by atoms with Crippen molar-refractivity contribution in [3.05, 3.63) is 34.9 Å². The Kier molecular flexibility index (Phi) is 11.2. The third-order valence-electron chi connectivity index (χ3n) is 7.63. The first-order valence-corrected chi connectivity index (χ1v) is 12.4. The molecule has 0 radical (unpaired) electrons. The van der Waals surface area contributed by atoms with Crippen LogP contribution in [-0.2, 0) is 0 Å². The van der Waals surface area contributed by atoms with Gasteiger partial charge in [-0.3, -0.25) is 0 Å². The summed E-state index contributed by atoms with van der Waals surface area (Å²) in [6, 6.07) is 0.827. The Morgan fingerprint density at radius 2 is 1.30 bits per heavy atom. The van der Waals surface area contributed by atoms with Gasteiger partial charge in [0.1, 0.15) is 0 Å². The van der Waals surface area contributed by atoms with Gasteiger partial charge in [0.05, 0.1) is 0 Å². The van der Waals surface area contributed by atoms with Crippen LogP contribution >= 0.6 is 12.4 Å². The summed E-state index contributed by atoms with van der Waals surface area (Å²) >= 11 is 0. The number of hydrogen-bond donors (Lipinski definition) is 2. The summed E-state index contributed by atoms with van der Waals surface area (Å²) < 4.78 is 0. The molecule has 4 saturated carbocycles. The van der Waals surface area contributed by atoms with Gasteiger partial charge in [-0.15, -0.1) is 12.4 Å². The highest BCUT2D eigenvalue weighted by Crippen LogP contribution is 2.53. The van der Waals surface area contributed by atoms with E-state index in [4.69, 9.17) is 0 Å². The smallest absolute Gasteiger partial charge is 0.0137 e. The van der Waals surface area contributed by atoms with Crippen molar-refractivity contribution >= 4 is 12.4 Å². The van der Waals surface area contributed by atoms with Crippen molar-refractivity contribution in [3.63, 3.8) is 0 Å². The Bertz CT molecular complexity index is 572. The lowest BCUT2D eigenvalue weighted by atomic mass is 9.54. The standard InChI is InChI=1S/C27H46N2.ClH/c1-20(2)7-5-8-21(3)9-6-10-22(4)11-12-28-13-14-29-27-25-16-23-15-24(18-25)19-26(27)17-23;/h7,9,11,23-29H,5-6,8,10,12-19H2,1-4H3;1H/b21-9+,22-11+;. The zero-order valence-electron chi connectivity index (χ0n) is 20.0. The van der Waals surface area contributed by atoms with E-state index >= 15 is 0 Å². The Morgan fingerprint density at radius 1 is 0.733 bits per heavy atom. The number of nitrogens with one attached hydrogen (secondary N) is 2. The molecule has 3 heteroatoms. The Morgan fingerprint density at radius 3 is 1.90 bits per heavy atom. The van der Waals surface area contributed by atoms with Crippen LogP contribution < -0.4 is 10.6 Å². The van der Waals surface area contributed by atoms with Crippen molar-refractivity contribution in [1.82, 2.24) is 10.6 Å². The van der Waals surface area contributed by atoms with Crippen molar-refractivity contribution in [1.29, 1.82) is 0 Å². The van der Waals surface area contributed by atoms with Gasteiger partial charge in [-0.2, -0.15) is 0 Å². The molecule has 0 aromatic heterocycles. The van der Waals surface area contributed by atoms with Crippen LogP contribution in [0.15, 0.2) is 34.9 Å². The third-order valence-corrected chi connectivity index (χ3v) is 7.63. The van der Waals surface area contributed by atoms with E-state index in [9.17, 15) is 0 Å². The molecular weight excluding hydrogens is 388 g/mol. The molecule has 4 aliphatic carbocycles. The molecule has 0 unspecified atom stereocenters. The van der Waals surface area contributed by atoms with Crippen LogP contribution in [0.2, 0.25) is 0 Å². The van der Waals surface area contributed by atoms with Gasteiger partial charge in [0, 0.05) is 25.7 Å². The Hall–Kier alpha value is -0.570. The average molecular weight is 435 g/mol. The highest BCUT2D eigenvalue weighted by Gasteiger charge is 2.47. The molecule has 4 aliphatic rings. The highest BCUT2D eigenvalue weighted by atomic mass is 35.5. The molecule has 0 spiro atoms. The van der Waals surface area contributed by atoms with Gasteiger partial charge in [-0.05, 0) is 109 Å². The molecule has 0 aromatic carbocycles. The number of halogens is 1. The molecule has 0 aliphatic heterocycles. The van der Waals surface area contributed by atoms with E-state index in [0.717, 1.165) is 49.3 Å². The first kappa shape index (κ1) is 25.7. The summed E-state index contributed by atoms with van der Waals surface area (Å²) in [6.07, 6.45) is 19.5. The highest BCUT2D eigenvalue weighted by molar-refractivity contribution is 5.85. The fourth-order valence-electron chi connectivity index (χ4n) is 6.27. The largest absolute Gasteiger partial charge is 0.312 e. The number of allylic oxidation sites excluding steroid dienone is 5. The van der Waals surface area contributed by atoms with Crippen LogP contribution in [0.1, 0.15) is 85.5 Å². The predicted octanol–water partition coefficient (Wildman–Crippen LogP) is 6.83. The fourth-order valence-corrected chi connectivity index (χ4v) is 6.27. The molecular formula is C27H47ClN2. The molecule has 2 N–H and O–H groups in total. The molecule has 0 amide bonds. The Labute approximate surface area is 192 Å². The van der Waals surface area contributed by atoms with Gasteiger partial charge in [-0.1, -0.05) is 34.9 Å². The van der Waals surface area contributed by atoms with Crippen molar-refractivity contribution in [2.45, 2.75) is 91.5 Å². The van der Waals surface area contributed by atoms with Gasteiger partial charge >= 0.3 is 0 Å². The molecule has 4 bridgehead atoms. The summed E-state index contributed by atoms with van der Waals surface area (Å²) in [7, 11) is 0. The van der Waals surface area contributed by atoms with E-state index < -0.39 is 0 Å². The summed E-state index contributed by atoms with van der Waals surface area (Å²) in [5.41, 5.74) is 4.47. The first-order valence-electron chi connectivity index (χ1n) is 12.4. The zero-order valence-corrected chi connectivity index (χ0v) is 20.8. The summed E-state index contributed by atoms with van der Waals surface area (Å²) in [6.45, 7) is 12.2. The van der Waals surface area contributed by atoms with E-state index in [-0.39, 0.29) is 12.4 Å². The van der Waals surface area contributed by atoms with Crippen LogP contribution in [0.3, 0.4) is 0 Å². The zero-order chi connectivity index (χ0) is 20.6. The molecule has 0 saturated heterocycles. The average Bonchev–Trinajstić information content (AvgIpc) is 2.65. The lowest BCUT2D eigenvalue weighted by Gasteiger charge is -2.54. The monoisotopic (exact) mass is 434 g/mol. The minimum absolute atomic E-state index is 0. The molecule has 172 valence electrons. The van der Waals surface area contributed by atoms with Crippen LogP contribution in [0.5, 0.6) is 0 Å². The minimum atomic E-state index is 0. The topological polar surface area (TPSA) is 24.1 Å².